The van der Waals surface area contributed by atoms with E-state index in [0.29, 0.717) is 6.04 Å². The molecular weight excluding hydrogens is 312 g/mol. The molecule has 0 unspecified atom stereocenters. The summed E-state index contributed by atoms with van der Waals surface area (Å²) in [7, 11) is 0. The van der Waals surface area contributed by atoms with E-state index in [1.165, 1.54) is 12.0 Å². The number of hydrogen-bond donors (Lipinski definition) is 1. The van der Waals surface area contributed by atoms with Crippen molar-refractivity contribution in [3.63, 3.8) is 0 Å². The first-order valence-corrected chi connectivity index (χ1v) is 9.18. The number of amides is 1. The fourth-order valence-corrected chi connectivity index (χ4v) is 3.54. The second kappa shape index (κ2) is 7.83. The van der Waals surface area contributed by atoms with Gasteiger partial charge in [0.2, 0.25) is 5.91 Å². The Morgan fingerprint density at radius 1 is 1.28 bits per heavy atom. The Kier molecular flexibility index (Phi) is 5.53. The molecule has 2 aromatic rings. The van der Waals surface area contributed by atoms with Crippen molar-refractivity contribution in [1.29, 1.82) is 0 Å². The predicted molar refractivity (Wildman–Crippen MR) is 101 cm³/mol. The molecule has 2 heterocycles. The van der Waals surface area contributed by atoms with E-state index in [1.807, 2.05) is 31.5 Å². The maximum Gasteiger partial charge on any atom is 0.241 e. The van der Waals surface area contributed by atoms with Crippen molar-refractivity contribution in [2.75, 3.05) is 11.9 Å². The van der Waals surface area contributed by atoms with Crippen molar-refractivity contribution in [1.82, 2.24) is 14.5 Å². The third-order valence-electron chi connectivity index (χ3n) is 5.01. The van der Waals surface area contributed by atoms with Crippen LogP contribution in [0, 0.1) is 6.92 Å². The average molecular weight is 340 g/mol. The van der Waals surface area contributed by atoms with Crippen molar-refractivity contribution in [3.05, 3.63) is 48.0 Å². The first-order chi connectivity index (χ1) is 12.0. The quantitative estimate of drug-likeness (QED) is 0.907. The summed E-state index contributed by atoms with van der Waals surface area (Å²) >= 11 is 0. The SMILES string of the molecule is Cc1nccn1Cc1ccc(NC(=O)[C@H]2CCCCN2C(C)C)cc1. The number of nitrogens with one attached hydrogen (secondary N) is 1. The Hall–Kier alpha value is -2.14. The second-order valence-corrected chi connectivity index (χ2v) is 7.13. The van der Waals surface area contributed by atoms with Gasteiger partial charge in [-0.05, 0) is 57.9 Å². The number of piperidine rings is 1. The smallest absolute Gasteiger partial charge is 0.241 e. The van der Waals surface area contributed by atoms with E-state index < -0.39 is 0 Å². The summed E-state index contributed by atoms with van der Waals surface area (Å²) in [5.41, 5.74) is 2.06. The van der Waals surface area contributed by atoms with Gasteiger partial charge in [-0.25, -0.2) is 4.98 Å². The molecule has 1 aromatic heterocycles. The van der Waals surface area contributed by atoms with Crippen LogP contribution < -0.4 is 5.32 Å². The van der Waals surface area contributed by atoms with Crippen LogP contribution >= 0.6 is 0 Å². The van der Waals surface area contributed by atoms with Gasteiger partial charge in [-0.15, -0.1) is 0 Å². The van der Waals surface area contributed by atoms with Gasteiger partial charge in [0.05, 0.1) is 6.04 Å². The number of likely N-dealkylation sites (tertiary alicyclic amines) is 1. The lowest BCUT2D eigenvalue weighted by atomic mass is 9.99. The van der Waals surface area contributed by atoms with Gasteiger partial charge in [-0.3, -0.25) is 9.69 Å². The van der Waals surface area contributed by atoms with Crippen molar-refractivity contribution in [3.8, 4) is 0 Å². The Morgan fingerprint density at radius 2 is 2.04 bits per heavy atom. The summed E-state index contributed by atoms with van der Waals surface area (Å²) in [6.45, 7) is 8.14. The molecule has 1 aliphatic rings. The summed E-state index contributed by atoms with van der Waals surface area (Å²) in [5, 5.41) is 3.09. The highest BCUT2D eigenvalue weighted by Crippen LogP contribution is 2.21. The third kappa shape index (κ3) is 4.28. The van der Waals surface area contributed by atoms with Crippen molar-refractivity contribution in [2.45, 2.75) is 58.7 Å². The van der Waals surface area contributed by atoms with Crippen molar-refractivity contribution in [2.24, 2.45) is 0 Å². The van der Waals surface area contributed by atoms with Crippen LogP contribution in [0.4, 0.5) is 5.69 Å². The number of hydrogen-bond acceptors (Lipinski definition) is 3. The minimum atomic E-state index is -0.0120. The third-order valence-corrected chi connectivity index (χ3v) is 5.01. The largest absolute Gasteiger partial charge is 0.331 e. The molecule has 1 aliphatic heterocycles. The number of rotatable bonds is 5. The lowest BCUT2D eigenvalue weighted by molar-refractivity contribution is -0.123. The Morgan fingerprint density at radius 3 is 2.68 bits per heavy atom. The first-order valence-electron chi connectivity index (χ1n) is 9.18. The molecule has 0 radical (unpaired) electrons. The molecule has 1 aromatic carbocycles. The molecule has 1 atom stereocenters. The lowest BCUT2D eigenvalue weighted by Gasteiger charge is -2.37. The number of benzene rings is 1. The molecule has 134 valence electrons. The van der Waals surface area contributed by atoms with E-state index >= 15 is 0 Å². The van der Waals surface area contributed by atoms with Gasteiger partial charge in [0.15, 0.2) is 0 Å². The molecule has 0 spiro atoms. The standard InChI is InChI=1S/C20H28N4O/c1-15(2)24-12-5-4-6-19(24)20(25)22-18-9-7-17(8-10-18)14-23-13-11-21-16(23)3/h7-11,13,15,19H,4-6,12,14H2,1-3H3,(H,22,25)/t19-/m1/s1. The minimum absolute atomic E-state index is 0.0120. The van der Waals surface area contributed by atoms with Gasteiger partial charge >= 0.3 is 0 Å². The maximum atomic E-state index is 12.7. The summed E-state index contributed by atoms with van der Waals surface area (Å²) in [4.78, 5) is 19.3. The number of nitrogens with zero attached hydrogens (tertiary/aromatic N) is 3. The lowest BCUT2D eigenvalue weighted by Crippen LogP contribution is -2.50. The fraction of sp³-hybridized carbons (Fsp3) is 0.500. The van der Waals surface area contributed by atoms with Crippen molar-refractivity contribution < 1.29 is 4.79 Å². The van der Waals surface area contributed by atoms with Crippen LogP contribution in [0.3, 0.4) is 0 Å². The maximum absolute atomic E-state index is 12.7. The molecule has 25 heavy (non-hydrogen) atoms. The van der Waals surface area contributed by atoms with E-state index in [0.717, 1.165) is 37.4 Å². The number of carbonyl (C=O) groups excluding carboxylic acids is 1. The predicted octanol–water partition coefficient (Wildman–Crippen LogP) is 3.44. The highest BCUT2D eigenvalue weighted by atomic mass is 16.2. The van der Waals surface area contributed by atoms with Gasteiger partial charge < -0.3 is 9.88 Å². The fourth-order valence-electron chi connectivity index (χ4n) is 3.54. The summed E-state index contributed by atoms with van der Waals surface area (Å²) < 4.78 is 2.11. The molecule has 0 aliphatic carbocycles. The molecule has 1 fully saturated rings. The second-order valence-electron chi connectivity index (χ2n) is 7.13. The number of imidazole rings is 1. The van der Waals surface area contributed by atoms with Crippen LogP contribution in [-0.2, 0) is 11.3 Å². The molecule has 1 amide bonds. The number of aromatic nitrogens is 2. The Labute approximate surface area is 150 Å². The highest BCUT2D eigenvalue weighted by Gasteiger charge is 2.30. The Balaban J connectivity index is 1.62. The summed E-state index contributed by atoms with van der Waals surface area (Å²) in [5.74, 6) is 1.12. The molecule has 1 N–H and O–H groups in total. The monoisotopic (exact) mass is 340 g/mol. The zero-order valence-corrected chi connectivity index (χ0v) is 15.4. The molecule has 0 bridgehead atoms. The summed E-state index contributed by atoms with van der Waals surface area (Å²) in [6.07, 6.45) is 7.06. The van der Waals surface area contributed by atoms with Crippen LogP contribution in [0.25, 0.3) is 0 Å². The number of carbonyl (C=O) groups is 1. The zero-order chi connectivity index (χ0) is 17.8. The van der Waals surface area contributed by atoms with Crippen molar-refractivity contribution >= 4 is 11.6 Å². The van der Waals surface area contributed by atoms with Crippen LogP contribution in [-0.4, -0.2) is 39.0 Å². The average Bonchev–Trinajstić information content (AvgIpc) is 3.01. The van der Waals surface area contributed by atoms with E-state index in [-0.39, 0.29) is 11.9 Å². The van der Waals surface area contributed by atoms with Crippen LogP contribution in [0.15, 0.2) is 36.7 Å². The molecule has 0 saturated carbocycles. The molecule has 1 saturated heterocycles. The van der Waals surface area contributed by atoms with E-state index in [4.69, 9.17) is 0 Å². The molecule has 5 nitrogen and oxygen atoms in total. The van der Waals surface area contributed by atoms with Gasteiger partial charge in [-0.1, -0.05) is 18.6 Å². The van der Waals surface area contributed by atoms with Gasteiger partial charge in [-0.2, -0.15) is 0 Å². The van der Waals surface area contributed by atoms with E-state index in [1.54, 1.807) is 0 Å². The first kappa shape index (κ1) is 17.7. The van der Waals surface area contributed by atoms with E-state index in [2.05, 4.69) is 45.7 Å². The topological polar surface area (TPSA) is 50.2 Å². The van der Waals surface area contributed by atoms with Gasteiger partial charge in [0.1, 0.15) is 5.82 Å². The number of anilines is 1. The van der Waals surface area contributed by atoms with Crippen LogP contribution in [0.5, 0.6) is 0 Å². The van der Waals surface area contributed by atoms with Crippen LogP contribution in [0.2, 0.25) is 0 Å². The molecule has 5 heteroatoms. The van der Waals surface area contributed by atoms with Gasteiger partial charge in [0.25, 0.3) is 0 Å². The zero-order valence-electron chi connectivity index (χ0n) is 15.4. The Bertz CT molecular complexity index is 705. The minimum Gasteiger partial charge on any atom is -0.331 e. The normalized spacial score (nSPS) is 18.5. The highest BCUT2D eigenvalue weighted by molar-refractivity contribution is 5.94. The molecular formula is C20H28N4O. The number of aryl methyl sites for hydroxylation is 1. The van der Waals surface area contributed by atoms with Crippen LogP contribution in [0.1, 0.15) is 44.5 Å². The van der Waals surface area contributed by atoms with E-state index in [9.17, 15) is 4.79 Å². The summed E-state index contributed by atoms with van der Waals surface area (Å²) in [6, 6.07) is 8.50. The van der Waals surface area contributed by atoms with Gasteiger partial charge in [0, 0.05) is 30.7 Å². The molecule has 3 rings (SSSR count).